The fourth-order valence-corrected chi connectivity index (χ4v) is 3.64. The Hall–Kier alpha value is -0.0300. The third-order valence-corrected chi connectivity index (χ3v) is 4.62. The van der Waals surface area contributed by atoms with Crippen LogP contribution in [0.2, 0.25) is 0 Å². The van der Waals surface area contributed by atoms with E-state index in [9.17, 15) is 13.2 Å². The minimum absolute atomic E-state index is 0.0835. The Morgan fingerprint density at radius 3 is 2.69 bits per heavy atom. The number of carbonyl (C=O) groups is 1. The Kier molecular flexibility index (Phi) is 3.79. The van der Waals surface area contributed by atoms with Crippen LogP contribution in [0, 0.1) is 5.92 Å². The van der Waals surface area contributed by atoms with Crippen LogP contribution in [-0.2, 0) is 14.6 Å². The van der Waals surface area contributed by atoms with Gasteiger partial charge in [0.1, 0.15) is 5.78 Å². The molecule has 76 valence electrons. The molecular formula is C8H14O3S2. The zero-order valence-corrected chi connectivity index (χ0v) is 9.29. The highest BCUT2D eigenvalue weighted by Crippen LogP contribution is 2.20. The number of rotatable bonds is 4. The SMILES string of the molecule is CSCCC(=O)C1CCS(=O)(=O)C1. The molecule has 1 fully saturated rings. The molecule has 1 rings (SSSR count). The first-order valence-corrected chi connectivity index (χ1v) is 7.49. The van der Waals surface area contributed by atoms with E-state index in [1.165, 1.54) is 0 Å². The normalized spacial score (nSPS) is 26.1. The summed E-state index contributed by atoms with van der Waals surface area (Å²) >= 11 is 1.62. The molecule has 0 aromatic rings. The molecule has 3 nitrogen and oxygen atoms in total. The van der Waals surface area contributed by atoms with Crippen molar-refractivity contribution in [2.75, 3.05) is 23.5 Å². The molecule has 5 heteroatoms. The summed E-state index contributed by atoms with van der Waals surface area (Å²) in [4.78, 5) is 11.4. The average molecular weight is 222 g/mol. The number of hydrogen-bond acceptors (Lipinski definition) is 4. The molecule has 1 aliphatic heterocycles. The standard InChI is InChI=1S/C8H14O3S2/c1-12-4-2-8(9)7-3-5-13(10,11)6-7/h7H,2-6H2,1H3. The molecule has 0 N–H and O–H groups in total. The maximum atomic E-state index is 11.4. The highest BCUT2D eigenvalue weighted by molar-refractivity contribution is 7.98. The monoisotopic (exact) mass is 222 g/mol. The van der Waals surface area contributed by atoms with Crippen molar-refractivity contribution in [1.82, 2.24) is 0 Å². The van der Waals surface area contributed by atoms with Crippen molar-refractivity contribution in [1.29, 1.82) is 0 Å². The van der Waals surface area contributed by atoms with Crippen LogP contribution >= 0.6 is 11.8 Å². The quantitative estimate of drug-likeness (QED) is 0.704. The van der Waals surface area contributed by atoms with E-state index in [0.717, 1.165) is 5.75 Å². The lowest BCUT2D eigenvalue weighted by molar-refractivity contribution is -0.121. The Labute approximate surface area is 83.2 Å². The Bertz CT molecular complexity index is 282. The van der Waals surface area contributed by atoms with Gasteiger partial charge in [0.15, 0.2) is 9.84 Å². The lowest BCUT2D eigenvalue weighted by atomic mass is 10.0. The smallest absolute Gasteiger partial charge is 0.151 e. The van der Waals surface area contributed by atoms with E-state index < -0.39 is 9.84 Å². The van der Waals surface area contributed by atoms with Gasteiger partial charge in [-0.05, 0) is 18.4 Å². The Morgan fingerprint density at radius 1 is 1.54 bits per heavy atom. The van der Waals surface area contributed by atoms with Crippen LogP contribution in [0.4, 0.5) is 0 Å². The van der Waals surface area contributed by atoms with Gasteiger partial charge in [0.2, 0.25) is 0 Å². The molecule has 0 amide bonds. The number of hydrogen-bond donors (Lipinski definition) is 0. The largest absolute Gasteiger partial charge is 0.299 e. The third-order valence-electron chi connectivity index (χ3n) is 2.24. The molecular weight excluding hydrogens is 208 g/mol. The van der Waals surface area contributed by atoms with E-state index in [2.05, 4.69) is 0 Å². The molecule has 0 aromatic heterocycles. The molecule has 0 aliphatic carbocycles. The maximum Gasteiger partial charge on any atom is 0.151 e. The van der Waals surface area contributed by atoms with E-state index in [-0.39, 0.29) is 23.2 Å². The number of Topliss-reactive ketones (excluding diaryl/α,β-unsaturated/α-hetero) is 1. The van der Waals surface area contributed by atoms with Gasteiger partial charge < -0.3 is 0 Å². The lowest BCUT2D eigenvalue weighted by Crippen LogP contribution is -2.16. The van der Waals surface area contributed by atoms with E-state index in [0.29, 0.717) is 12.8 Å². The Balaban J connectivity index is 2.42. The summed E-state index contributed by atoms with van der Waals surface area (Å²) in [6.07, 6.45) is 3.00. The van der Waals surface area contributed by atoms with E-state index in [1.807, 2.05) is 6.26 Å². The maximum absolute atomic E-state index is 11.4. The fraction of sp³-hybridized carbons (Fsp3) is 0.875. The average Bonchev–Trinajstić information content (AvgIpc) is 2.42. The predicted octanol–water partition coefficient (Wildman–Crippen LogP) is 0.743. The van der Waals surface area contributed by atoms with Gasteiger partial charge in [0.05, 0.1) is 11.5 Å². The first kappa shape index (κ1) is 11.0. The number of thioether (sulfide) groups is 1. The molecule has 1 unspecified atom stereocenters. The second kappa shape index (κ2) is 4.46. The number of sulfone groups is 1. The number of carbonyl (C=O) groups excluding carboxylic acids is 1. The van der Waals surface area contributed by atoms with E-state index in [1.54, 1.807) is 11.8 Å². The molecule has 0 radical (unpaired) electrons. The van der Waals surface area contributed by atoms with Crippen molar-refractivity contribution in [3.8, 4) is 0 Å². The van der Waals surface area contributed by atoms with Gasteiger partial charge in [0, 0.05) is 12.3 Å². The zero-order chi connectivity index (χ0) is 9.90. The summed E-state index contributed by atoms with van der Waals surface area (Å²) in [6, 6.07) is 0. The summed E-state index contributed by atoms with van der Waals surface area (Å²) < 4.78 is 22.1. The second-order valence-corrected chi connectivity index (χ2v) is 6.52. The van der Waals surface area contributed by atoms with Gasteiger partial charge in [-0.3, -0.25) is 4.79 Å². The van der Waals surface area contributed by atoms with Crippen LogP contribution in [0.15, 0.2) is 0 Å². The zero-order valence-electron chi connectivity index (χ0n) is 7.65. The molecule has 0 bridgehead atoms. The summed E-state index contributed by atoms with van der Waals surface area (Å²) in [5, 5.41) is 0. The second-order valence-electron chi connectivity index (χ2n) is 3.31. The first-order valence-electron chi connectivity index (χ1n) is 4.27. The highest BCUT2D eigenvalue weighted by Gasteiger charge is 2.32. The van der Waals surface area contributed by atoms with E-state index in [4.69, 9.17) is 0 Å². The van der Waals surface area contributed by atoms with Crippen molar-refractivity contribution in [3.05, 3.63) is 0 Å². The molecule has 0 aromatic carbocycles. The number of ketones is 1. The molecule has 1 aliphatic rings. The lowest BCUT2D eigenvalue weighted by Gasteiger charge is -2.04. The molecule has 0 spiro atoms. The van der Waals surface area contributed by atoms with Crippen LogP contribution in [0.5, 0.6) is 0 Å². The minimum Gasteiger partial charge on any atom is -0.299 e. The van der Waals surface area contributed by atoms with Crippen molar-refractivity contribution < 1.29 is 13.2 Å². The molecule has 1 saturated heterocycles. The van der Waals surface area contributed by atoms with Crippen molar-refractivity contribution >= 4 is 27.4 Å². The van der Waals surface area contributed by atoms with Crippen LogP contribution in [0.25, 0.3) is 0 Å². The van der Waals surface area contributed by atoms with Gasteiger partial charge >= 0.3 is 0 Å². The van der Waals surface area contributed by atoms with Crippen molar-refractivity contribution in [3.63, 3.8) is 0 Å². The molecule has 13 heavy (non-hydrogen) atoms. The predicted molar refractivity (Wildman–Crippen MR) is 54.8 cm³/mol. The summed E-state index contributed by atoms with van der Waals surface area (Å²) in [6.45, 7) is 0. The minimum atomic E-state index is -2.89. The topological polar surface area (TPSA) is 51.2 Å². The van der Waals surface area contributed by atoms with Crippen LogP contribution in [0.3, 0.4) is 0 Å². The molecule has 1 atom stereocenters. The van der Waals surface area contributed by atoms with Gasteiger partial charge in [-0.1, -0.05) is 0 Å². The summed E-state index contributed by atoms with van der Waals surface area (Å²) in [5.74, 6) is 0.991. The van der Waals surface area contributed by atoms with Crippen LogP contribution < -0.4 is 0 Å². The van der Waals surface area contributed by atoms with Crippen molar-refractivity contribution in [2.45, 2.75) is 12.8 Å². The van der Waals surface area contributed by atoms with Gasteiger partial charge in [0.25, 0.3) is 0 Å². The molecule has 0 saturated carbocycles. The van der Waals surface area contributed by atoms with Crippen LogP contribution in [0.1, 0.15) is 12.8 Å². The first-order chi connectivity index (χ1) is 6.05. The summed E-state index contributed by atoms with van der Waals surface area (Å²) in [5.41, 5.74) is 0. The summed E-state index contributed by atoms with van der Waals surface area (Å²) in [7, 11) is -2.89. The van der Waals surface area contributed by atoms with Crippen LogP contribution in [-0.4, -0.2) is 37.7 Å². The van der Waals surface area contributed by atoms with Crippen molar-refractivity contribution in [2.24, 2.45) is 5.92 Å². The molecule has 1 heterocycles. The Morgan fingerprint density at radius 2 is 2.23 bits per heavy atom. The van der Waals surface area contributed by atoms with Gasteiger partial charge in [-0.15, -0.1) is 0 Å². The third kappa shape index (κ3) is 3.31. The highest BCUT2D eigenvalue weighted by atomic mass is 32.2. The van der Waals surface area contributed by atoms with E-state index >= 15 is 0 Å². The fourth-order valence-electron chi connectivity index (χ4n) is 1.46. The van der Waals surface area contributed by atoms with Gasteiger partial charge in [-0.2, -0.15) is 11.8 Å². The van der Waals surface area contributed by atoms with Gasteiger partial charge in [-0.25, -0.2) is 8.42 Å².